The van der Waals surface area contributed by atoms with Crippen molar-refractivity contribution in [2.75, 3.05) is 18.0 Å². The molecule has 0 spiro atoms. The van der Waals surface area contributed by atoms with Crippen molar-refractivity contribution in [1.82, 2.24) is 5.32 Å². The van der Waals surface area contributed by atoms with Crippen molar-refractivity contribution in [2.24, 2.45) is 0 Å². The number of hydrogen-bond donors (Lipinski definition) is 1. The molecule has 2 heteroatoms. The number of nitrogens with one attached hydrogen (secondary N) is 1. The zero-order valence-electron chi connectivity index (χ0n) is 8.59. The standard InChI is InChI=1S/C12H16N2/c1-9-7-10-3-2-4-11-8-13-5-6-14(9)12(10)11/h2-4,9,13H,5-8H2,1H3. The molecule has 74 valence electrons. The minimum atomic E-state index is 0.686. The van der Waals surface area contributed by atoms with E-state index in [2.05, 4.69) is 35.3 Å². The summed E-state index contributed by atoms with van der Waals surface area (Å²) in [4.78, 5) is 2.56. The molecule has 0 radical (unpaired) electrons. The van der Waals surface area contributed by atoms with E-state index in [1.165, 1.54) is 17.7 Å². The van der Waals surface area contributed by atoms with Crippen LogP contribution in [0.25, 0.3) is 0 Å². The molecule has 1 atom stereocenters. The molecule has 2 heterocycles. The molecule has 0 saturated carbocycles. The van der Waals surface area contributed by atoms with Crippen molar-refractivity contribution in [3.8, 4) is 0 Å². The van der Waals surface area contributed by atoms with Gasteiger partial charge in [0.25, 0.3) is 0 Å². The fourth-order valence-corrected chi connectivity index (χ4v) is 2.72. The lowest BCUT2D eigenvalue weighted by Crippen LogP contribution is -2.33. The Balaban J connectivity index is 2.16. The molecular formula is C12H16N2. The molecule has 1 unspecified atom stereocenters. The van der Waals surface area contributed by atoms with E-state index in [9.17, 15) is 0 Å². The SMILES string of the molecule is CC1Cc2cccc3c2N1CCNC3. The summed E-state index contributed by atoms with van der Waals surface area (Å²) in [6.07, 6.45) is 1.23. The fourth-order valence-electron chi connectivity index (χ4n) is 2.72. The third-order valence-electron chi connectivity index (χ3n) is 3.38. The lowest BCUT2D eigenvalue weighted by molar-refractivity contribution is 0.637. The average Bonchev–Trinajstić information content (AvgIpc) is 2.39. The molecule has 14 heavy (non-hydrogen) atoms. The second-order valence-electron chi connectivity index (χ2n) is 4.35. The predicted molar refractivity (Wildman–Crippen MR) is 58.7 cm³/mol. The molecule has 3 rings (SSSR count). The summed E-state index contributed by atoms with van der Waals surface area (Å²) in [7, 11) is 0. The first-order valence-corrected chi connectivity index (χ1v) is 5.44. The van der Waals surface area contributed by atoms with E-state index in [-0.39, 0.29) is 0 Å². The van der Waals surface area contributed by atoms with Crippen molar-refractivity contribution in [3.63, 3.8) is 0 Å². The normalized spacial score (nSPS) is 24.6. The van der Waals surface area contributed by atoms with Crippen molar-refractivity contribution < 1.29 is 0 Å². The maximum absolute atomic E-state index is 3.47. The van der Waals surface area contributed by atoms with Gasteiger partial charge >= 0.3 is 0 Å². The molecule has 0 bridgehead atoms. The van der Waals surface area contributed by atoms with Crippen LogP contribution in [0.15, 0.2) is 18.2 Å². The van der Waals surface area contributed by atoms with E-state index in [1.807, 2.05) is 0 Å². The second kappa shape index (κ2) is 2.99. The molecule has 2 aliphatic rings. The van der Waals surface area contributed by atoms with Crippen LogP contribution in [0.5, 0.6) is 0 Å². The summed E-state index contributed by atoms with van der Waals surface area (Å²) in [5.74, 6) is 0. The first-order valence-electron chi connectivity index (χ1n) is 5.44. The van der Waals surface area contributed by atoms with Crippen LogP contribution in [-0.4, -0.2) is 19.1 Å². The summed E-state index contributed by atoms with van der Waals surface area (Å²) in [5, 5.41) is 3.47. The van der Waals surface area contributed by atoms with E-state index in [4.69, 9.17) is 0 Å². The Morgan fingerprint density at radius 3 is 3.14 bits per heavy atom. The smallest absolute Gasteiger partial charge is 0.0448 e. The molecule has 2 nitrogen and oxygen atoms in total. The Bertz CT molecular complexity index is 359. The van der Waals surface area contributed by atoms with E-state index < -0.39 is 0 Å². The Labute approximate surface area is 84.9 Å². The average molecular weight is 188 g/mol. The number of para-hydroxylation sites is 1. The maximum atomic E-state index is 3.47. The van der Waals surface area contributed by atoms with Gasteiger partial charge in [-0.1, -0.05) is 18.2 Å². The highest BCUT2D eigenvalue weighted by Gasteiger charge is 2.28. The molecule has 0 amide bonds. The fraction of sp³-hybridized carbons (Fsp3) is 0.500. The van der Waals surface area contributed by atoms with Gasteiger partial charge in [-0.3, -0.25) is 0 Å². The van der Waals surface area contributed by atoms with E-state index >= 15 is 0 Å². The third kappa shape index (κ3) is 1.07. The molecule has 0 fully saturated rings. The summed E-state index contributed by atoms with van der Waals surface area (Å²) >= 11 is 0. The van der Waals surface area contributed by atoms with Crippen LogP contribution in [-0.2, 0) is 13.0 Å². The third-order valence-corrected chi connectivity index (χ3v) is 3.38. The summed E-state index contributed by atoms with van der Waals surface area (Å²) in [6, 6.07) is 7.41. The van der Waals surface area contributed by atoms with E-state index in [0.717, 1.165) is 19.6 Å². The van der Waals surface area contributed by atoms with Crippen LogP contribution in [0, 0.1) is 0 Å². The number of benzene rings is 1. The predicted octanol–water partition coefficient (Wildman–Crippen LogP) is 1.54. The number of anilines is 1. The lowest BCUT2D eigenvalue weighted by atomic mass is 10.1. The van der Waals surface area contributed by atoms with Gasteiger partial charge in [-0.25, -0.2) is 0 Å². The van der Waals surface area contributed by atoms with Gasteiger partial charge in [0.15, 0.2) is 0 Å². The summed E-state index contributed by atoms with van der Waals surface area (Å²) < 4.78 is 0. The van der Waals surface area contributed by atoms with E-state index in [0.29, 0.717) is 6.04 Å². The van der Waals surface area contributed by atoms with Crippen LogP contribution in [0.3, 0.4) is 0 Å². The Morgan fingerprint density at radius 2 is 2.21 bits per heavy atom. The van der Waals surface area contributed by atoms with Gasteiger partial charge in [0.1, 0.15) is 0 Å². The van der Waals surface area contributed by atoms with Gasteiger partial charge in [-0.15, -0.1) is 0 Å². The topological polar surface area (TPSA) is 15.3 Å². The van der Waals surface area contributed by atoms with Crippen LogP contribution >= 0.6 is 0 Å². The summed E-state index contributed by atoms with van der Waals surface area (Å²) in [6.45, 7) is 5.63. The largest absolute Gasteiger partial charge is 0.367 e. The zero-order chi connectivity index (χ0) is 9.54. The van der Waals surface area contributed by atoms with Crippen molar-refractivity contribution >= 4 is 5.69 Å². The molecule has 0 aromatic heterocycles. The molecule has 1 aromatic rings. The van der Waals surface area contributed by atoms with Crippen LogP contribution in [0.1, 0.15) is 18.1 Å². The molecule has 1 N–H and O–H groups in total. The highest BCUT2D eigenvalue weighted by molar-refractivity contribution is 5.65. The molecular weight excluding hydrogens is 172 g/mol. The second-order valence-corrected chi connectivity index (χ2v) is 4.35. The highest BCUT2D eigenvalue weighted by atomic mass is 15.2. The quantitative estimate of drug-likeness (QED) is 0.664. The molecule has 0 saturated heterocycles. The monoisotopic (exact) mass is 188 g/mol. The highest BCUT2D eigenvalue weighted by Crippen LogP contribution is 2.35. The Kier molecular flexibility index (Phi) is 1.77. The molecule has 0 aliphatic carbocycles. The maximum Gasteiger partial charge on any atom is 0.0448 e. The first kappa shape index (κ1) is 8.30. The number of hydrogen-bond acceptors (Lipinski definition) is 2. The summed E-state index contributed by atoms with van der Waals surface area (Å²) in [5.41, 5.74) is 4.54. The molecule has 1 aromatic carbocycles. The molecule has 2 aliphatic heterocycles. The van der Waals surface area contributed by atoms with Crippen LogP contribution in [0.4, 0.5) is 5.69 Å². The van der Waals surface area contributed by atoms with Crippen LogP contribution in [0.2, 0.25) is 0 Å². The van der Waals surface area contributed by atoms with E-state index in [1.54, 1.807) is 5.56 Å². The van der Waals surface area contributed by atoms with Crippen molar-refractivity contribution in [2.45, 2.75) is 25.9 Å². The van der Waals surface area contributed by atoms with Crippen molar-refractivity contribution in [1.29, 1.82) is 0 Å². The van der Waals surface area contributed by atoms with Gasteiger partial charge in [-0.2, -0.15) is 0 Å². The first-order chi connectivity index (χ1) is 6.86. The number of nitrogens with zero attached hydrogens (tertiary/aromatic N) is 1. The van der Waals surface area contributed by atoms with Gasteiger partial charge < -0.3 is 10.2 Å². The number of rotatable bonds is 0. The van der Waals surface area contributed by atoms with Gasteiger partial charge in [0.2, 0.25) is 0 Å². The van der Waals surface area contributed by atoms with Gasteiger partial charge in [-0.05, 0) is 24.5 Å². The minimum absolute atomic E-state index is 0.686. The lowest BCUT2D eigenvalue weighted by Gasteiger charge is -2.23. The van der Waals surface area contributed by atoms with Gasteiger partial charge in [0, 0.05) is 31.4 Å². The Morgan fingerprint density at radius 1 is 1.36 bits per heavy atom. The Hall–Kier alpha value is -1.02. The van der Waals surface area contributed by atoms with Crippen molar-refractivity contribution in [3.05, 3.63) is 29.3 Å². The van der Waals surface area contributed by atoms with Gasteiger partial charge in [0.05, 0.1) is 0 Å². The van der Waals surface area contributed by atoms with Crippen LogP contribution < -0.4 is 10.2 Å². The zero-order valence-corrected chi connectivity index (χ0v) is 8.59. The minimum Gasteiger partial charge on any atom is -0.367 e.